The van der Waals surface area contributed by atoms with E-state index >= 15 is 0 Å². The van der Waals surface area contributed by atoms with Crippen molar-refractivity contribution in [2.24, 2.45) is 0 Å². The van der Waals surface area contributed by atoms with Crippen molar-refractivity contribution < 1.29 is 5.11 Å². The van der Waals surface area contributed by atoms with Gasteiger partial charge in [0.15, 0.2) is 0 Å². The summed E-state index contributed by atoms with van der Waals surface area (Å²) in [5.41, 5.74) is 3.94. The molecule has 1 unspecified atom stereocenters. The van der Waals surface area contributed by atoms with E-state index in [-0.39, 0.29) is 6.10 Å². The second-order valence-corrected chi connectivity index (χ2v) is 5.08. The molecule has 0 fully saturated rings. The number of benzene rings is 1. The number of unbranched alkanes of at least 4 members (excludes halogenated alkanes) is 3. The van der Waals surface area contributed by atoms with E-state index in [0.717, 1.165) is 19.3 Å². The zero-order valence-corrected chi connectivity index (χ0v) is 11.5. The van der Waals surface area contributed by atoms with Crippen LogP contribution in [0.1, 0.15) is 55.7 Å². The molecule has 1 aromatic carbocycles. The highest BCUT2D eigenvalue weighted by Gasteiger charge is 2.09. The second-order valence-electron chi connectivity index (χ2n) is 5.08. The normalized spacial score (nSPS) is 12.7. The van der Waals surface area contributed by atoms with Gasteiger partial charge in [-0.15, -0.1) is 0 Å². The minimum absolute atomic E-state index is 0.174. The number of aliphatic hydroxyl groups is 1. The van der Waals surface area contributed by atoms with Crippen molar-refractivity contribution in [3.8, 4) is 0 Å². The Kier molecular flexibility index (Phi) is 6.28. The van der Waals surface area contributed by atoms with Crippen LogP contribution < -0.4 is 0 Å². The Balaban J connectivity index is 2.42. The van der Waals surface area contributed by atoms with Crippen LogP contribution in [-0.4, -0.2) is 11.2 Å². The Labute approximate surface area is 106 Å². The second kappa shape index (κ2) is 7.50. The highest BCUT2D eigenvalue weighted by atomic mass is 16.3. The Hall–Kier alpha value is -0.820. The molecule has 0 radical (unpaired) electrons. The number of hydrogen-bond acceptors (Lipinski definition) is 1. The van der Waals surface area contributed by atoms with Crippen LogP contribution in [-0.2, 0) is 6.42 Å². The Morgan fingerprint density at radius 1 is 1.06 bits per heavy atom. The summed E-state index contributed by atoms with van der Waals surface area (Å²) in [4.78, 5) is 0. The third-order valence-electron chi connectivity index (χ3n) is 3.48. The molecule has 0 aliphatic heterocycles. The summed E-state index contributed by atoms with van der Waals surface area (Å²) < 4.78 is 0. The molecule has 1 aromatic rings. The first-order chi connectivity index (χ1) is 8.15. The summed E-state index contributed by atoms with van der Waals surface area (Å²) in [5.74, 6) is 0. The van der Waals surface area contributed by atoms with Crippen LogP contribution in [0.3, 0.4) is 0 Å². The topological polar surface area (TPSA) is 20.2 Å². The molecule has 0 aliphatic rings. The van der Waals surface area contributed by atoms with Gasteiger partial charge in [-0.3, -0.25) is 0 Å². The van der Waals surface area contributed by atoms with Gasteiger partial charge in [0.1, 0.15) is 0 Å². The largest absolute Gasteiger partial charge is 0.393 e. The van der Waals surface area contributed by atoms with Gasteiger partial charge in [0.05, 0.1) is 6.10 Å². The smallest absolute Gasteiger partial charge is 0.0580 e. The molecule has 0 bridgehead atoms. The molecule has 0 saturated carbocycles. The highest BCUT2D eigenvalue weighted by Crippen LogP contribution is 2.17. The standard InChI is InChI=1S/C16H26O/c1-4-5-6-7-11-15(17)12-16-13(2)9-8-10-14(16)3/h8-10,15,17H,4-7,11-12H2,1-3H3. The van der Waals surface area contributed by atoms with Crippen molar-refractivity contribution in [3.63, 3.8) is 0 Å². The lowest BCUT2D eigenvalue weighted by atomic mass is 9.95. The summed E-state index contributed by atoms with van der Waals surface area (Å²) in [5, 5.41) is 10.1. The number of aliphatic hydroxyl groups excluding tert-OH is 1. The highest BCUT2D eigenvalue weighted by molar-refractivity contribution is 5.33. The molecule has 1 N–H and O–H groups in total. The summed E-state index contributed by atoms with van der Waals surface area (Å²) in [6.07, 6.45) is 6.52. The lowest BCUT2D eigenvalue weighted by molar-refractivity contribution is 0.160. The molecule has 96 valence electrons. The fourth-order valence-electron chi connectivity index (χ4n) is 2.32. The van der Waals surface area contributed by atoms with Gasteiger partial charge in [0.25, 0.3) is 0 Å². The summed E-state index contributed by atoms with van der Waals surface area (Å²) in [6.45, 7) is 6.48. The van der Waals surface area contributed by atoms with Gasteiger partial charge < -0.3 is 5.11 Å². The first-order valence-corrected chi connectivity index (χ1v) is 6.88. The van der Waals surface area contributed by atoms with E-state index in [4.69, 9.17) is 0 Å². The maximum Gasteiger partial charge on any atom is 0.0580 e. The number of rotatable bonds is 7. The van der Waals surface area contributed by atoms with Crippen LogP contribution in [0.2, 0.25) is 0 Å². The van der Waals surface area contributed by atoms with E-state index in [1.54, 1.807) is 0 Å². The average molecular weight is 234 g/mol. The van der Waals surface area contributed by atoms with E-state index in [9.17, 15) is 5.11 Å². The van der Waals surface area contributed by atoms with Crippen molar-refractivity contribution in [1.82, 2.24) is 0 Å². The molecule has 0 aliphatic carbocycles. The molecule has 17 heavy (non-hydrogen) atoms. The van der Waals surface area contributed by atoms with Crippen molar-refractivity contribution >= 4 is 0 Å². The Morgan fingerprint density at radius 2 is 1.71 bits per heavy atom. The maximum atomic E-state index is 10.1. The van der Waals surface area contributed by atoms with Crippen LogP contribution in [0, 0.1) is 13.8 Å². The fraction of sp³-hybridized carbons (Fsp3) is 0.625. The monoisotopic (exact) mass is 234 g/mol. The first kappa shape index (κ1) is 14.2. The zero-order chi connectivity index (χ0) is 12.7. The van der Waals surface area contributed by atoms with Crippen LogP contribution in [0.5, 0.6) is 0 Å². The van der Waals surface area contributed by atoms with Crippen molar-refractivity contribution in [2.45, 2.75) is 65.4 Å². The van der Waals surface area contributed by atoms with Crippen LogP contribution in [0.4, 0.5) is 0 Å². The predicted octanol–water partition coefficient (Wildman–Crippen LogP) is 4.18. The number of hydrogen-bond donors (Lipinski definition) is 1. The molecule has 1 heteroatoms. The SMILES string of the molecule is CCCCCCC(O)Cc1c(C)cccc1C. The lowest BCUT2D eigenvalue weighted by Crippen LogP contribution is -2.12. The predicted molar refractivity (Wildman–Crippen MR) is 74.4 cm³/mol. The lowest BCUT2D eigenvalue weighted by Gasteiger charge is -2.14. The third-order valence-corrected chi connectivity index (χ3v) is 3.48. The molecule has 1 rings (SSSR count). The van der Waals surface area contributed by atoms with E-state index < -0.39 is 0 Å². The molecule has 0 heterocycles. The van der Waals surface area contributed by atoms with Gasteiger partial charge in [0, 0.05) is 0 Å². The number of aryl methyl sites for hydroxylation is 2. The molecule has 1 nitrogen and oxygen atoms in total. The summed E-state index contributed by atoms with van der Waals surface area (Å²) >= 11 is 0. The molecular formula is C16H26O. The summed E-state index contributed by atoms with van der Waals surface area (Å²) in [6, 6.07) is 6.35. The van der Waals surface area contributed by atoms with Crippen molar-refractivity contribution in [1.29, 1.82) is 0 Å². The molecule has 1 atom stereocenters. The van der Waals surface area contributed by atoms with Crippen LogP contribution >= 0.6 is 0 Å². The minimum Gasteiger partial charge on any atom is -0.393 e. The van der Waals surface area contributed by atoms with E-state index in [0.29, 0.717) is 0 Å². The fourth-order valence-corrected chi connectivity index (χ4v) is 2.32. The molecule has 0 amide bonds. The molecule has 0 aromatic heterocycles. The Morgan fingerprint density at radius 3 is 2.29 bits per heavy atom. The van der Waals surface area contributed by atoms with E-state index in [1.165, 1.54) is 36.0 Å². The zero-order valence-electron chi connectivity index (χ0n) is 11.5. The van der Waals surface area contributed by atoms with E-state index in [1.807, 2.05) is 0 Å². The van der Waals surface area contributed by atoms with Gasteiger partial charge in [0.2, 0.25) is 0 Å². The molecule has 0 saturated heterocycles. The van der Waals surface area contributed by atoms with Crippen LogP contribution in [0.25, 0.3) is 0 Å². The van der Waals surface area contributed by atoms with E-state index in [2.05, 4.69) is 39.0 Å². The van der Waals surface area contributed by atoms with Crippen LogP contribution in [0.15, 0.2) is 18.2 Å². The maximum absolute atomic E-state index is 10.1. The summed E-state index contributed by atoms with van der Waals surface area (Å²) in [7, 11) is 0. The van der Waals surface area contributed by atoms with Crippen molar-refractivity contribution in [3.05, 3.63) is 34.9 Å². The molecule has 0 spiro atoms. The van der Waals surface area contributed by atoms with Gasteiger partial charge in [-0.2, -0.15) is 0 Å². The van der Waals surface area contributed by atoms with Gasteiger partial charge in [-0.1, -0.05) is 50.8 Å². The van der Waals surface area contributed by atoms with Gasteiger partial charge in [-0.05, 0) is 43.4 Å². The molecular weight excluding hydrogens is 208 g/mol. The first-order valence-electron chi connectivity index (χ1n) is 6.88. The third kappa shape index (κ3) is 4.91. The average Bonchev–Trinajstić information content (AvgIpc) is 2.30. The van der Waals surface area contributed by atoms with Crippen molar-refractivity contribution in [2.75, 3.05) is 0 Å². The van der Waals surface area contributed by atoms with Gasteiger partial charge in [-0.25, -0.2) is 0 Å². The van der Waals surface area contributed by atoms with Gasteiger partial charge >= 0.3 is 0 Å². The Bertz CT molecular complexity index is 310. The minimum atomic E-state index is -0.174. The quantitative estimate of drug-likeness (QED) is 0.702.